The van der Waals surface area contributed by atoms with Crippen LogP contribution in [-0.4, -0.2) is 103 Å². The van der Waals surface area contributed by atoms with E-state index < -0.39 is 35.1 Å². The lowest BCUT2D eigenvalue weighted by Gasteiger charge is -2.38. The van der Waals surface area contributed by atoms with E-state index in [9.17, 15) is 24.3 Å². The second kappa shape index (κ2) is 17.8. The van der Waals surface area contributed by atoms with Crippen LogP contribution in [0.3, 0.4) is 0 Å². The Hall–Kier alpha value is -6.12. The number of ether oxygens (including phenoxy) is 1. The van der Waals surface area contributed by atoms with E-state index in [4.69, 9.17) is 14.7 Å². The summed E-state index contributed by atoms with van der Waals surface area (Å²) in [6.07, 6.45) is 3.19. The fourth-order valence-electron chi connectivity index (χ4n) is 10.8. The molecule has 0 spiro atoms. The first-order valence-electron chi connectivity index (χ1n) is 23.8. The van der Waals surface area contributed by atoms with Crippen LogP contribution in [0.4, 0.5) is 15.3 Å². The standard InChI is InChI=1S/C52H69N9O6/c1-50(2,3)32-18-20-33(21-19-32)61-38(30-16-22-34-36(28-30)55-44(53-34)40-14-12-26-59(40)46(62)42(51(4,5)6)57-48(64)67-11)24-25-39(61)31-17-23-35-37(29-31)56-45(54-35)41-15-13-27-60(41)47(63)43(52(7,8)9)58(10)49(65)66/h16-23,28-29,38-43H,12-15,24-27H2,1-11H3,(H,53,55)(H,54,56)(H,57,64)(H,65,66)/t38-,39-,40+,41+,42-,43-/m1/s1. The molecule has 4 N–H and O–H groups in total. The summed E-state index contributed by atoms with van der Waals surface area (Å²) in [5.74, 6) is 1.10. The van der Waals surface area contributed by atoms with Gasteiger partial charge in [-0.05, 0) is 108 Å². The Morgan fingerprint density at radius 3 is 1.63 bits per heavy atom. The Morgan fingerprint density at radius 1 is 0.701 bits per heavy atom. The number of hydrogen-bond donors (Lipinski definition) is 4. The highest BCUT2D eigenvalue weighted by molar-refractivity contribution is 5.88. The first-order valence-corrected chi connectivity index (χ1v) is 23.8. The van der Waals surface area contributed by atoms with Gasteiger partial charge in [-0.15, -0.1) is 0 Å². The van der Waals surface area contributed by atoms with Gasteiger partial charge < -0.3 is 39.8 Å². The fraction of sp³-hybridized carbons (Fsp3) is 0.538. The number of rotatable bonds is 9. The number of aromatic nitrogens is 4. The highest BCUT2D eigenvalue weighted by Gasteiger charge is 2.45. The van der Waals surface area contributed by atoms with Crippen LogP contribution in [0.25, 0.3) is 22.1 Å². The van der Waals surface area contributed by atoms with Crippen molar-refractivity contribution in [2.75, 3.05) is 32.1 Å². The molecule has 15 heteroatoms. The lowest BCUT2D eigenvalue weighted by Crippen LogP contribution is -2.54. The number of benzene rings is 3. The number of imidazole rings is 2. The van der Waals surface area contributed by atoms with Crippen molar-refractivity contribution < 1.29 is 29.0 Å². The molecule has 67 heavy (non-hydrogen) atoms. The van der Waals surface area contributed by atoms with Crippen LogP contribution in [-0.2, 0) is 19.7 Å². The maximum Gasteiger partial charge on any atom is 0.407 e. The number of fused-ring (bicyclic) bond motifs is 2. The number of hydrogen-bond acceptors (Lipinski definition) is 8. The molecule has 0 radical (unpaired) electrons. The largest absolute Gasteiger partial charge is 0.465 e. The second-order valence-corrected chi connectivity index (χ2v) is 22.1. The number of carboxylic acid groups (broad SMARTS) is 1. The van der Waals surface area contributed by atoms with Crippen molar-refractivity contribution in [2.24, 2.45) is 10.8 Å². The van der Waals surface area contributed by atoms with Gasteiger partial charge in [-0.2, -0.15) is 0 Å². The van der Waals surface area contributed by atoms with Crippen LogP contribution >= 0.6 is 0 Å². The maximum absolute atomic E-state index is 14.2. The van der Waals surface area contributed by atoms with Gasteiger partial charge in [0.1, 0.15) is 23.7 Å². The predicted molar refractivity (Wildman–Crippen MR) is 260 cm³/mol. The number of H-pyrrole nitrogens is 2. The Balaban J connectivity index is 1.10. The molecule has 15 nitrogen and oxygen atoms in total. The summed E-state index contributed by atoms with van der Waals surface area (Å²) in [5.41, 5.74) is 7.03. The van der Waals surface area contributed by atoms with Crippen LogP contribution < -0.4 is 10.2 Å². The van der Waals surface area contributed by atoms with Crippen molar-refractivity contribution in [3.05, 3.63) is 89.0 Å². The van der Waals surface area contributed by atoms with Gasteiger partial charge in [0.05, 0.1) is 53.3 Å². The summed E-state index contributed by atoms with van der Waals surface area (Å²) in [6.45, 7) is 19.3. The van der Waals surface area contributed by atoms with Gasteiger partial charge in [0.15, 0.2) is 0 Å². The molecule has 0 aliphatic carbocycles. The van der Waals surface area contributed by atoms with Gasteiger partial charge in [-0.1, -0.05) is 86.6 Å². The number of anilines is 1. The summed E-state index contributed by atoms with van der Waals surface area (Å²) in [5, 5.41) is 12.7. The number of likely N-dealkylation sites (tertiary alicyclic amines) is 2. The molecule has 3 aliphatic rings. The molecule has 3 fully saturated rings. The highest BCUT2D eigenvalue weighted by Crippen LogP contribution is 2.48. The number of methoxy groups -OCH3 is 1. The Bertz CT molecular complexity index is 2650. The molecule has 8 rings (SSSR count). The van der Waals surface area contributed by atoms with Crippen molar-refractivity contribution in [2.45, 2.75) is 143 Å². The zero-order valence-corrected chi connectivity index (χ0v) is 41.1. The van der Waals surface area contributed by atoms with E-state index in [1.807, 2.05) is 51.3 Å². The highest BCUT2D eigenvalue weighted by atomic mass is 16.5. The van der Waals surface area contributed by atoms with Gasteiger partial charge >= 0.3 is 12.2 Å². The Labute approximate surface area is 394 Å². The summed E-state index contributed by atoms with van der Waals surface area (Å²) < 4.78 is 4.88. The van der Waals surface area contributed by atoms with Gasteiger partial charge in [0.2, 0.25) is 11.8 Å². The third kappa shape index (κ3) is 9.30. The van der Waals surface area contributed by atoms with E-state index in [1.54, 1.807) is 0 Å². The lowest BCUT2D eigenvalue weighted by molar-refractivity contribution is -0.141. The van der Waals surface area contributed by atoms with E-state index in [0.29, 0.717) is 18.9 Å². The summed E-state index contributed by atoms with van der Waals surface area (Å²) in [6, 6.07) is 19.8. The number of aromatic amines is 2. The van der Waals surface area contributed by atoms with E-state index in [1.165, 1.54) is 19.7 Å². The SMILES string of the molecule is COC(=O)N[C@H](C(=O)N1CCC[C@H]1c1nc2ccc([C@H]3CC[C@H](c4ccc5nc([C@@H]6CCCN6C(=O)[C@@H](N(C)C(=O)O)C(C)(C)C)[nH]c5c4)N3c3ccc(C(C)(C)C)cc3)cc2[nH]1)C(C)(C)C. The predicted octanol–water partition coefficient (Wildman–Crippen LogP) is 9.94. The monoisotopic (exact) mass is 916 g/mol. The number of nitrogens with one attached hydrogen (secondary N) is 3. The topological polar surface area (TPSA) is 180 Å². The van der Waals surface area contributed by atoms with E-state index in [-0.39, 0.29) is 41.4 Å². The van der Waals surface area contributed by atoms with E-state index >= 15 is 0 Å². The lowest BCUT2D eigenvalue weighted by atomic mass is 9.84. The van der Waals surface area contributed by atoms with Gasteiger partial charge in [-0.25, -0.2) is 19.6 Å². The first-order chi connectivity index (χ1) is 31.5. The molecule has 0 saturated carbocycles. The van der Waals surface area contributed by atoms with Crippen molar-refractivity contribution in [3.63, 3.8) is 0 Å². The molecule has 3 aromatic carbocycles. The second-order valence-electron chi connectivity index (χ2n) is 22.1. The van der Waals surface area contributed by atoms with E-state index in [0.717, 1.165) is 88.1 Å². The molecule has 4 amide bonds. The first kappa shape index (κ1) is 47.4. The minimum atomic E-state index is -1.13. The van der Waals surface area contributed by atoms with Crippen molar-refractivity contribution in [1.82, 2.24) is 40.0 Å². The molecule has 6 atom stereocenters. The molecule has 3 aliphatic heterocycles. The summed E-state index contributed by atoms with van der Waals surface area (Å²) in [4.78, 5) is 77.3. The Morgan fingerprint density at radius 2 is 1.19 bits per heavy atom. The molecule has 0 bridgehead atoms. The van der Waals surface area contributed by atoms with Crippen LogP contribution in [0, 0.1) is 10.8 Å². The molecule has 5 aromatic rings. The molecule has 0 unspecified atom stereocenters. The minimum absolute atomic E-state index is 0.000558. The van der Waals surface area contributed by atoms with Crippen molar-refractivity contribution in [1.29, 1.82) is 0 Å². The van der Waals surface area contributed by atoms with Gasteiger partial charge in [0.25, 0.3) is 0 Å². The Kier molecular flexibility index (Phi) is 12.6. The van der Waals surface area contributed by atoms with E-state index in [2.05, 4.69) is 102 Å². The third-order valence-electron chi connectivity index (χ3n) is 14.2. The number of carbonyl (C=O) groups excluding carboxylic acids is 3. The van der Waals surface area contributed by atoms with Crippen LogP contribution in [0.1, 0.15) is 153 Å². The normalized spacial score (nSPS) is 21.3. The molecule has 5 heterocycles. The summed E-state index contributed by atoms with van der Waals surface area (Å²) in [7, 11) is 2.77. The van der Waals surface area contributed by atoms with Gasteiger partial charge in [0, 0.05) is 25.8 Å². The summed E-state index contributed by atoms with van der Waals surface area (Å²) >= 11 is 0. The van der Waals surface area contributed by atoms with Crippen LogP contribution in [0.15, 0.2) is 60.7 Å². The smallest absolute Gasteiger partial charge is 0.407 e. The third-order valence-corrected chi connectivity index (χ3v) is 14.2. The quantitative estimate of drug-likeness (QED) is 0.112. The van der Waals surface area contributed by atoms with Crippen molar-refractivity contribution in [3.8, 4) is 0 Å². The minimum Gasteiger partial charge on any atom is -0.465 e. The molecule has 2 aromatic heterocycles. The van der Waals surface area contributed by atoms with Crippen LogP contribution in [0.5, 0.6) is 0 Å². The number of nitrogens with zero attached hydrogens (tertiary/aromatic N) is 6. The van der Waals surface area contributed by atoms with Crippen molar-refractivity contribution >= 4 is 51.8 Å². The average molecular weight is 916 g/mol. The van der Waals surface area contributed by atoms with Gasteiger partial charge in [-0.3, -0.25) is 14.5 Å². The number of carbonyl (C=O) groups is 4. The maximum atomic E-state index is 14.2. The average Bonchev–Trinajstić information content (AvgIpc) is 4.12. The fourth-order valence-corrected chi connectivity index (χ4v) is 10.8. The zero-order chi connectivity index (χ0) is 48.3. The molecule has 3 saturated heterocycles. The molecular formula is C52H69N9O6. The number of likely N-dealkylation sites (N-methyl/N-ethyl adjacent to an activating group) is 1. The van der Waals surface area contributed by atoms with Crippen LogP contribution in [0.2, 0.25) is 0 Å². The number of alkyl carbamates (subject to hydrolysis) is 1. The number of amides is 4. The molecule has 358 valence electrons. The zero-order valence-electron chi connectivity index (χ0n) is 41.1. The molecular weight excluding hydrogens is 847 g/mol.